The van der Waals surface area contributed by atoms with E-state index in [9.17, 15) is 27.2 Å². The first kappa shape index (κ1) is 25.2. The van der Waals surface area contributed by atoms with Crippen molar-refractivity contribution in [2.75, 3.05) is 18.4 Å². The summed E-state index contributed by atoms with van der Waals surface area (Å²) < 4.78 is 60.2. The van der Waals surface area contributed by atoms with Crippen molar-refractivity contribution in [1.82, 2.24) is 19.0 Å². The highest BCUT2D eigenvalue weighted by Gasteiger charge is 2.46. The third-order valence-electron chi connectivity index (χ3n) is 7.40. The topological polar surface area (TPSA) is 72.2 Å². The smallest absolute Gasteiger partial charge is 0.257 e. The number of alkyl halides is 2. The summed E-state index contributed by atoms with van der Waals surface area (Å²) in [5.74, 6) is -4.86. The van der Waals surface area contributed by atoms with Crippen molar-refractivity contribution in [3.63, 3.8) is 0 Å². The zero-order chi connectivity index (χ0) is 26.5. The molecule has 1 N–H and O–H groups in total. The van der Waals surface area contributed by atoms with E-state index < -0.39 is 41.8 Å². The number of nitrogens with zero attached hydrogens (tertiary/aromatic N) is 4. The summed E-state index contributed by atoms with van der Waals surface area (Å²) in [5.41, 5.74) is 0.539. The minimum atomic E-state index is -2.97. The van der Waals surface area contributed by atoms with E-state index in [1.165, 1.54) is 42.1 Å². The lowest BCUT2D eigenvalue weighted by molar-refractivity contribution is -0.125. The number of hydrogen-bond acceptors (Lipinski definition) is 4. The van der Waals surface area contributed by atoms with Gasteiger partial charge in [0.05, 0.1) is 18.0 Å². The molecule has 11 heteroatoms. The summed E-state index contributed by atoms with van der Waals surface area (Å²) in [5, 5.41) is 2.76. The largest absolute Gasteiger partial charge is 0.325 e. The summed E-state index contributed by atoms with van der Waals surface area (Å²) >= 11 is 0. The third-order valence-corrected chi connectivity index (χ3v) is 7.40. The summed E-state index contributed by atoms with van der Waals surface area (Å²) in [6, 6.07) is 5.07. The Morgan fingerprint density at radius 3 is 2.57 bits per heavy atom. The maximum atomic E-state index is 14.8. The molecule has 2 aromatic heterocycles. The number of rotatable bonds is 5. The van der Waals surface area contributed by atoms with Crippen molar-refractivity contribution < 1.29 is 22.4 Å². The van der Waals surface area contributed by atoms with Crippen molar-refractivity contribution >= 4 is 11.7 Å². The van der Waals surface area contributed by atoms with Gasteiger partial charge in [-0.1, -0.05) is 6.07 Å². The number of halogens is 4. The van der Waals surface area contributed by atoms with Crippen molar-refractivity contribution in [2.45, 2.75) is 50.1 Å². The van der Waals surface area contributed by atoms with Crippen LogP contribution in [0.2, 0.25) is 0 Å². The fourth-order valence-electron chi connectivity index (χ4n) is 5.29. The van der Waals surface area contributed by atoms with Crippen LogP contribution in [0, 0.1) is 11.6 Å². The van der Waals surface area contributed by atoms with Gasteiger partial charge in [-0.15, -0.1) is 0 Å². The van der Waals surface area contributed by atoms with Gasteiger partial charge in [0.25, 0.3) is 5.92 Å². The van der Waals surface area contributed by atoms with E-state index in [-0.39, 0.29) is 24.7 Å². The predicted octanol–water partition coefficient (Wildman–Crippen LogP) is 3.85. The third kappa shape index (κ3) is 4.92. The van der Waals surface area contributed by atoms with Gasteiger partial charge in [-0.05, 0) is 36.6 Å². The zero-order valence-corrected chi connectivity index (χ0v) is 20.4. The number of imidazole rings is 1. The van der Waals surface area contributed by atoms with Crippen LogP contribution in [0.15, 0.2) is 47.5 Å². The quantitative estimate of drug-likeness (QED) is 0.522. The molecule has 5 rings (SSSR count). The second-order valence-electron chi connectivity index (χ2n) is 9.84. The van der Waals surface area contributed by atoms with Crippen LogP contribution in [0.3, 0.4) is 0 Å². The SMILES string of the molecule is C[C@@H](C(=O)Nc1cn2c(n1)CCC2c1cc(F)cc(F)c1)N1CCC(F)(F)[C@H](c2ccc(=O)n(C)c2)C1. The van der Waals surface area contributed by atoms with E-state index in [1.807, 2.05) is 0 Å². The highest BCUT2D eigenvalue weighted by Crippen LogP contribution is 2.40. The Morgan fingerprint density at radius 1 is 1.14 bits per heavy atom. The monoisotopic (exact) mass is 517 g/mol. The minimum Gasteiger partial charge on any atom is -0.325 e. The van der Waals surface area contributed by atoms with Gasteiger partial charge in [0, 0.05) is 57.5 Å². The number of aromatic nitrogens is 3. The number of carbonyl (C=O) groups excluding carboxylic acids is 1. The van der Waals surface area contributed by atoms with Crippen molar-refractivity contribution in [3.05, 3.63) is 81.7 Å². The fourth-order valence-corrected chi connectivity index (χ4v) is 5.29. The number of nitrogens with one attached hydrogen (secondary N) is 1. The molecule has 0 aliphatic carbocycles. The van der Waals surface area contributed by atoms with Gasteiger partial charge in [0.2, 0.25) is 11.5 Å². The van der Waals surface area contributed by atoms with E-state index in [0.29, 0.717) is 35.6 Å². The molecular formula is C26H27F4N5O2. The molecule has 3 atom stereocenters. The Balaban J connectivity index is 1.29. The molecule has 1 fully saturated rings. The van der Waals surface area contributed by atoms with Gasteiger partial charge in [-0.25, -0.2) is 22.5 Å². The molecule has 7 nitrogen and oxygen atoms in total. The normalized spacial score (nSPS) is 22.0. The molecule has 0 bridgehead atoms. The number of anilines is 1. The minimum absolute atomic E-state index is 0.0384. The number of amides is 1. The number of benzene rings is 1. The van der Waals surface area contributed by atoms with Crippen LogP contribution in [-0.4, -0.2) is 50.0 Å². The Hall–Kier alpha value is -3.47. The standard InChI is InChI=1S/C26H27F4N5O2/c1-15(34-8-7-26(29,30)20(13-34)16-3-6-24(36)33(2)12-16)25(37)32-22-14-35-21(4-5-23(35)31-22)17-9-18(27)11-19(28)10-17/h3,6,9-12,14-15,20-21H,4-5,7-8,13H2,1-2H3,(H,32,37)/t15-,20-,21?/m0/s1. The summed E-state index contributed by atoms with van der Waals surface area (Å²) in [7, 11) is 1.51. The molecular weight excluding hydrogens is 490 g/mol. The molecule has 1 unspecified atom stereocenters. The molecule has 0 spiro atoms. The average molecular weight is 518 g/mol. The van der Waals surface area contributed by atoms with Gasteiger partial charge in [0.1, 0.15) is 17.5 Å². The lowest BCUT2D eigenvalue weighted by Gasteiger charge is -2.40. The Morgan fingerprint density at radius 2 is 1.86 bits per heavy atom. The average Bonchev–Trinajstić information content (AvgIpc) is 3.40. The molecule has 37 heavy (non-hydrogen) atoms. The lowest BCUT2D eigenvalue weighted by Crippen LogP contribution is -2.52. The summed E-state index contributed by atoms with van der Waals surface area (Å²) in [4.78, 5) is 30.9. The molecule has 4 heterocycles. The molecule has 3 aromatic rings. The van der Waals surface area contributed by atoms with Crippen LogP contribution >= 0.6 is 0 Å². The Bertz CT molecular complexity index is 1380. The first-order valence-corrected chi connectivity index (χ1v) is 12.1. The van der Waals surface area contributed by atoms with Crippen molar-refractivity contribution in [3.8, 4) is 0 Å². The maximum Gasteiger partial charge on any atom is 0.257 e. The van der Waals surface area contributed by atoms with Crippen LogP contribution in [0.5, 0.6) is 0 Å². The molecule has 0 radical (unpaired) electrons. The predicted molar refractivity (Wildman–Crippen MR) is 129 cm³/mol. The zero-order valence-electron chi connectivity index (χ0n) is 20.4. The first-order chi connectivity index (χ1) is 17.5. The van der Waals surface area contributed by atoms with Crippen LogP contribution in [0.25, 0.3) is 0 Å². The second-order valence-corrected chi connectivity index (χ2v) is 9.84. The number of carbonyl (C=O) groups is 1. The number of likely N-dealkylation sites (tertiary alicyclic amines) is 1. The number of fused-ring (bicyclic) bond motifs is 1. The summed E-state index contributed by atoms with van der Waals surface area (Å²) in [6.45, 7) is 1.64. The van der Waals surface area contributed by atoms with Gasteiger partial charge < -0.3 is 14.5 Å². The van der Waals surface area contributed by atoms with E-state index >= 15 is 0 Å². The molecule has 2 aliphatic rings. The van der Waals surface area contributed by atoms with Crippen molar-refractivity contribution in [2.24, 2.45) is 7.05 Å². The van der Waals surface area contributed by atoms with Crippen molar-refractivity contribution in [1.29, 1.82) is 0 Å². The molecule has 1 amide bonds. The molecule has 0 saturated carbocycles. The molecule has 1 saturated heterocycles. The fraction of sp³-hybridized carbons (Fsp3) is 0.423. The second kappa shape index (κ2) is 9.44. The van der Waals surface area contributed by atoms with Crippen LogP contribution in [0.1, 0.15) is 48.7 Å². The van der Waals surface area contributed by atoms with E-state index in [0.717, 1.165) is 6.07 Å². The van der Waals surface area contributed by atoms with Crippen LogP contribution < -0.4 is 10.9 Å². The number of pyridine rings is 1. The van der Waals surface area contributed by atoms with Gasteiger partial charge >= 0.3 is 0 Å². The number of piperidine rings is 1. The number of hydrogen-bond donors (Lipinski definition) is 1. The number of aryl methyl sites for hydroxylation is 2. The van der Waals surface area contributed by atoms with Crippen LogP contribution in [-0.2, 0) is 18.3 Å². The summed E-state index contributed by atoms with van der Waals surface area (Å²) in [6.07, 6.45) is 3.85. The lowest BCUT2D eigenvalue weighted by atomic mass is 9.87. The maximum absolute atomic E-state index is 14.8. The van der Waals surface area contributed by atoms with Gasteiger partial charge in [0.15, 0.2) is 5.82 Å². The van der Waals surface area contributed by atoms with Crippen LogP contribution in [0.4, 0.5) is 23.4 Å². The highest BCUT2D eigenvalue weighted by molar-refractivity contribution is 5.93. The van der Waals surface area contributed by atoms with E-state index in [2.05, 4.69) is 10.3 Å². The Kier molecular flexibility index (Phi) is 6.43. The van der Waals surface area contributed by atoms with Gasteiger partial charge in [-0.2, -0.15) is 0 Å². The Labute approximate surface area is 210 Å². The van der Waals surface area contributed by atoms with E-state index in [1.54, 1.807) is 22.6 Å². The molecule has 1 aromatic carbocycles. The molecule has 2 aliphatic heterocycles. The van der Waals surface area contributed by atoms with Gasteiger partial charge in [-0.3, -0.25) is 14.5 Å². The first-order valence-electron chi connectivity index (χ1n) is 12.1. The molecule has 196 valence electrons. The van der Waals surface area contributed by atoms with E-state index in [4.69, 9.17) is 0 Å². The highest BCUT2D eigenvalue weighted by atomic mass is 19.3.